The molecule has 82 valence electrons. The normalized spacial score (nSPS) is 10.4. The Labute approximate surface area is 96.3 Å². The van der Waals surface area contributed by atoms with Gasteiger partial charge in [0.25, 0.3) is 0 Å². The van der Waals surface area contributed by atoms with E-state index >= 15 is 0 Å². The Hall–Kier alpha value is -1.88. The molecule has 0 bridgehead atoms. The van der Waals surface area contributed by atoms with Crippen molar-refractivity contribution >= 4 is 17.6 Å². The quantitative estimate of drug-likeness (QED) is 0.865. The van der Waals surface area contributed by atoms with Crippen LogP contribution in [0.2, 0.25) is 5.02 Å². The van der Waals surface area contributed by atoms with Gasteiger partial charge in [-0.1, -0.05) is 22.9 Å². The van der Waals surface area contributed by atoms with Crippen molar-refractivity contribution in [3.63, 3.8) is 0 Å². The van der Waals surface area contributed by atoms with Crippen molar-refractivity contribution in [2.75, 3.05) is 0 Å². The van der Waals surface area contributed by atoms with E-state index in [9.17, 15) is 4.79 Å². The van der Waals surface area contributed by atoms with Gasteiger partial charge in [0.15, 0.2) is 0 Å². The third-order valence-electron chi connectivity index (χ3n) is 2.20. The average molecular weight is 238 g/mol. The first-order chi connectivity index (χ1) is 7.59. The molecule has 0 fully saturated rings. The largest absolute Gasteiger partial charge is 0.478 e. The van der Waals surface area contributed by atoms with Crippen LogP contribution in [-0.4, -0.2) is 26.1 Å². The maximum atomic E-state index is 11.1. The van der Waals surface area contributed by atoms with Crippen LogP contribution < -0.4 is 0 Å². The Kier molecular flexibility index (Phi) is 2.62. The molecule has 6 heteroatoms. The van der Waals surface area contributed by atoms with Crippen molar-refractivity contribution < 1.29 is 9.90 Å². The van der Waals surface area contributed by atoms with E-state index in [-0.39, 0.29) is 5.56 Å². The summed E-state index contributed by atoms with van der Waals surface area (Å²) >= 11 is 5.76. The standard InChI is InChI=1S/C10H8ClN3O2/c1-14-9(5-12-13-14)7-3-2-6(11)4-8(7)10(15)16/h2-5H,1H3,(H,15,16). The number of carboxylic acid groups (broad SMARTS) is 1. The Morgan fingerprint density at radius 1 is 1.50 bits per heavy atom. The monoisotopic (exact) mass is 237 g/mol. The van der Waals surface area contributed by atoms with Crippen molar-refractivity contribution in [2.24, 2.45) is 7.05 Å². The number of halogens is 1. The molecular weight excluding hydrogens is 230 g/mol. The third kappa shape index (κ3) is 1.77. The van der Waals surface area contributed by atoms with Gasteiger partial charge < -0.3 is 5.11 Å². The lowest BCUT2D eigenvalue weighted by molar-refractivity contribution is 0.0697. The lowest BCUT2D eigenvalue weighted by Crippen LogP contribution is -2.02. The summed E-state index contributed by atoms with van der Waals surface area (Å²) in [5, 5.41) is 16.9. The highest BCUT2D eigenvalue weighted by molar-refractivity contribution is 6.31. The number of nitrogens with zero attached hydrogens (tertiary/aromatic N) is 3. The molecule has 2 rings (SSSR count). The van der Waals surface area contributed by atoms with Gasteiger partial charge in [-0.25, -0.2) is 9.48 Å². The highest BCUT2D eigenvalue weighted by Gasteiger charge is 2.14. The number of rotatable bonds is 2. The molecule has 5 nitrogen and oxygen atoms in total. The van der Waals surface area contributed by atoms with Gasteiger partial charge in [-0.2, -0.15) is 0 Å². The van der Waals surface area contributed by atoms with E-state index in [1.54, 1.807) is 19.2 Å². The Morgan fingerprint density at radius 3 is 2.81 bits per heavy atom. The number of carbonyl (C=O) groups is 1. The number of carboxylic acids is 1. The molecule has 0 atom stereocenters. The summed E-state index contributed by atoms with van der Waals surface area (Å²) in [7, 11) is 1.70. The van der Waals surface area contributed by atoms with E-state index in [0.717, 1.165) is 0 Å². The van der Waals surface area contributed by atoms with Gasteiger partial charge in [0, 0.05) is 17.6 Å². The zero-order valence-electron chi connectivity index (χ0n) is 8.38. The molecule has 0 aliphatic rings. The van der Waals surface area contributed by atoms with Gasteiger partial charge in [0.05, 0.1) is 17.5 Å². The minimum absolute atomic E-state index is 0.137. The molecule has 0 saturated heterocycles. The van der Waals surface area contributed by atoms with Crippen LogP contribution >= 0.6 is 11.6 Å². The molecule has 0 radical (unpaired) electrons. The number of hydrogen-bond acceptors (Lipinski definition) is 3. The highest BCUT2D eigenvalue weighted by Crippen LogP contribution is 2.25. The van der Waals surface area contributed by atoms with Crippen LogP contribution in [0.15, 0.2) is 24.4 Å². The van der Waals surface area contributed by atoms with E-state index in [4.69, 9.17) is 16.7 Å². The minimum atomic E-state index is -1.03. The molecule has 1 aromatic heterocycles. The van der Waals surface area contributed by atoms with E-state index in [1.165, 1.54) is 16.9 Å². The molecular formula is C10H8ClN3O2. The molecule has 0 amide bonds. The van der Waals surface area contributed by atoms with Crippen LogP contribution in [0.25, 0.3) is 11.3 Å². The van der Waals surface area contributed by atoms with Crippen LogP contribution in [-0.2, 0) is 7.05 Å². The molecule has 0 aliphatic carbocycles. The summed E-state index contributed by atoms with van der Waals surface area (Å²) in [5.41, 5.74) is 1.32. The summed E-state index contributed by atoms with van der Waals surface area (Å²) in [6, 6.07) is 4.69. The lowest BCUT2D eigenvalue weighted by Gasteiger charge is -2.05. The first kappa shape index (κ1) is 10.6. The van der Waals surface area contributed by atoms with Crippen molar-refractivity contribution in [1.29, 1.82) is 0 Å². The van der Waals surface area contributed by atoms with Crippen molar-refractivity contribution in [1.82, 2.24) is 15.0 Å². The van der Waals surface area contributed by atoms with Crippen molar-refractivity contribution in [2.45, 2.75) is 0 Å². The van der Waals surface area contributed by atoms with E-state index in [1.807, 2.05) is 0 Å². The predicted molar refractivity (Wildman–Crippen MR) is 58.4 cm³/mol. The van der Waals surface area contributed by atoms with Gasteiger partial charge in [0.2, 0.25) is 0 Å². The van der Waals surface area contributed by atoms with Gasteiger partial charge in [-0.3, -0.25) is 0 Å². The van der Waals surface area contributed by atoms with Crippen molar-refractivity contribution in [3.8, 4) is 11.3 Å². The summed E-state index contributed by atoms with van der Waals surface area (Å²) in [6.07, 6.45) is 1.51. The van der Waals surface area contributed by atoms with Crippen LogP contribution in [0.3, 0.4) is 0 Å². The molecule has 1 heterocycles. The number of aromatic nitrogens is 3. The first-order valence-corrected chi connectivity index (χ1v) is 4.85. The molecule has 1 N–H and O–H groups in total. The van der Waals surface area contributed by atoms with E-state index in [2.05, 4.69) is 10.3 Å². The Morgan fingerprint density at radius 2 is 2.25 bits per heavy atom. The molecule has 0 unspecified atom stereocenters. The van der Waals surface area contributed by atoms with E-state index in [0.29, 0.717) is 16.3 Å². The molecule has 2 aromatic rings. The lowest BCUT2D eigenvalue weighted by atomic mass is 10.1. The minimum Gasteiger partial charge on any atom is -0.478 e. The topological polar surface area (TPSA) is 68.0 Å². The second-order valence-electron chi connectivity index (χ2n) is 3.24. The van der Waals surface area contributed by atoms with E-state index < -0.39 is 5.97 Å². The summed E-state index contributed by atoms with van der Waals surface area (Å²) in [5.74, 6) is -1.03. The molecule has 0 aliphatic heterocycles. The zero-order valence-corrected chi connectivity index (χ0v) is 9.14. The maximum absolute atomic E-state index is 11.1. The fourth-order valence-electron chi connectivity index (χ4n) is 1.45. The number of aromatic carboxylic acids is 1. The van der Waals surface area contributed by atoms with Crippen LogP contribution in [0, 0.1) is 0 Å². The smallest absolute Gasteiger partial charge is 0.336 e. The Bertz CT molecular complexity index is 551. The predicted octanol–water partition coefficient (Wildman–Crippen LogP) is 1.83. The molecule has 0 spiro atoms. The first-order valence-electron chi connectivity index (χ1n) is 4.47. The van der Waals surface area contributed by atoms with Crippen LogP contribution in [0.5, 0.6) is 0 Å². The Balaban J connectivity index is 2.65. The van der Waals surface area contributed by atoms with Crippen LogP contribution in [0.1, 0.15) is 10.4 Å². The second-order valence-corrected chi connectivity index (χ2v) is 3.67. The fraction of sp³-hybridized carbons (Fsp3) is 0.100. The molecule has 0 saturated carbocycles. The number of aryl methyl sites for hydroxylation is 1. The third-order valence-corrected chi connectivity index (χ3v) is 2.44. The van der Waals surface area contributed by atoms with Gasteiger partial charge in [-0.15, -0.1) is 5.10 Å². The average Bonchev–Trinajstić information content (AvgIpc) is 2.64. The molecule has 1 aromatic carbocycles. The second kappa shape index (κ2) is 3.94. The summed E-state index contributed by atoms with van der Waals surface area (Å²) in [4.78, 5) is 11.1. The van der Waals surface area contributed by atoms with Gasteiger partial charge in [0.1, 0.15) is 0 Å². The summed E-state index contributed by atoms with van der Waals surface area (Å²) < 4.78 is 1.51. The summed E-state index contributed by atoms with van der Waals surface area (Å²) in [6.45, 7) is 0. The maximum Gasteiger partial charge on any atom is 0.336 e. The number of hydrogen-bond donors (Lipinski definition) is 1. The highest BCUT2D eigenvalue weighted by atomic mass is 35.5. The van der Waals surface area contributed by atoms with Gasteiger partial charge >= 0.3 is 5.97 Å². The molecule has 16 heavy (non-hydrogen) atoms. The fourth-order valence-corrected chi connectivity index (χ4v) is 1.62. The zero-order chi connectivity index (χ0) is 11.7. The SMILES string of the molecule is Cn1nncc1-c1ccc(Cl)cc1C(=O)O. The van der Waals surface area contributed by atoms with Gasteiger partial charge in [-0.05, 0) is 12.1 Å². The number of benzene rings is 1. The van der Waals surface area contributed by atoms with Crippen molar-refractivity contribution in [3.05, 3.63) is 35.0 Å². The van der Waals surface area contributed by atoms with Crippen LogP contribution in [0.4, 0.5) is 0 Å².